The molecule has 0 aromatic heterocycles. The molecule has 0 aliphatic heterocycles. The molecular formula is C14H21NO2. The van der Waals surface area contributed by atoms with E-state index >= 15 is 0 Å². The van der Waals surface area contributed by atoms with Crippen LogP contribution < -0.4 is 10.1 Å². The van der Waals surface area contributed by atoms with Crippen molar-refractivity contribution < 1.29 is 9.84 Å². The van der Waals surface area contributed by atoms with Crippen molar-refractivity contribution in [1.82, 2.24) is 5.32 Å². The lowest BCUT2D eigenvalue weighted by Gasteiger charge is -2.32. The highest BCUT2D eigenvalue weighted by Crippen LogP contribution is 2.23. The predicted octanol–water partition coefficient (Wildman–Crippen LogP) is 2.09. The third-order valence-corrected chi connectivity index (χ3v) is 3.03. The average molecular weight is 235 g/mol. The normalized spacial score (nSPS) is 23.5. The summed E-state index contributed by atoms with van der Waals surface area (Å²) in [6, 6.07) is 8.57. The van der Waals surface area contributed by atoms with Crippen molar-refractivity contribution >= 4 is 0 Å². The van der Waals surface area contributed by atoms with Gasteiger partial charge in [-0.2, -0.15) is 0 Å². The summed E-state index contributed by atoms with van der Waals surface area (Å²) >= 11 is 0. The quantitative estimate of drug-likeness (QED) is 0.821. The summed E-state index contributed by atoms with van der Waals surface area (Å²) in [6.45, 7) is 4.87. The average Bonchev–Trinajstić information content (AvgIpc) is 2.24. The SMILES string of the molecule is CC(C)Oc1ccccc1CNC1CC(O)C1. The van der Waals surface area contributed by atoms with Crippen LogP contribution >= 0.6 is 0 Å². The van der Waals surface area contributed by atoms with Crippen molar-refractivity contribution in [1.29, 1.82) is 0 Å². The van der Waals surface area contributed by atoms with E-state index in [2.05, 4.69) is 11.4 Å². The van der Waals surface area contributed by atoms with E-state index in [9.17, 15) is 5.11 Å². The van der Waals surface area contributed by atoms with Gasteiger partial charge >= 0.3 is 0 Å². The Balaban J connectivity index is 1.90. The van der Waals surface area contributed by atoms with Crippen LogP contribution in [0.25, 0.3) is 0 Å². The van der Waals surface area contributed by atoms with Gasteiger partial charge in [-0.3, -0.25) is 0 Å². The van der Waals surface area contributed by atoms with Crippen LogP contribution in [0.4, 0.5) is 0 Å². The summed E-state index contributed by atoms with van der Waals surface area (Å²) in [5, 5.41) is 12.7. The number of para-hydroxylation sites is 1. The molecule has 94 valence electrons. The molecule has 1 saturated carbocycles. The molecule has 1 fully saturated rings. The summed E-state index contributed by atoms with van der Waals surface area (Å²) in [5.41, 5.74) is 1.18. The topological polar surface area (TPSA) is 41.5 Å². The van der Waals surface area contributed by atoms with E-state index in [1.807, 2.05) is 32.0 Å². The van der Waals surface area contributed by atoms with Crippen molar-refractivity contribution in [3.8, 4) is 5.75 Å². The first kappa shape index (κ1) is 12.4. The summed E-state index contributed by atoms with van der Waals surface area (Å²) in [7, 11) is 0. The van der Waals surface area contributed by atoms with Gasteiger partial charge in [0.05, 0.1) is 12.2 Å². The van der Waals surface area contributed by atoms with E-state index in [-0.39, 0.29) is 12.2 Å². The zero-order valence-electron chi connectivity index (χ0n) is 10.5. The van der Waals surface area contributed by atoms with Crippen LogP contribution in [0, 0.1) is 0 Å². The van der Waals surface area contributed by atoms with Crippen LogP contribution in [0.5, 0.6) is 5.75 Å². The molecule has 1 aliphatic rings. The monoisotopic (exact) mass is 235 g/mol. The maximum absolute atomic E-state index is 9.22. The van der Waals surface area contributed by atoms with Gasteiger partial charge in [-0.05, 0) is 32.8 Å². The molecular weight excluding hydrogens is 214 g/mol. The van der Waals surface area contributed by atoms with Crippen LogP contribution in [-0.4, -0.2) is 23.4 Å². The third-order valence-electron chi connectivity index (χ3n) is 3.03. The molecule has 17 heavy (non-hydrogen) atoms. The van der Waals surface area contributed by atoms with E-state index in [0.29, 0.717) is 6.04 Å². The van der Waals surface area contributed by atoms with Gasteiger partial charge in [-0.25, -0.2) is 0 Å². The first-order valence-corrected chi connectivity index (χ1v) is 6.31. The maximum Gasteiger partial charge on any atom is 0.124 e. The molecule has 3 heteroatoms. The number of rotatable bonds is 5. The number of aliphatic hydroxyl groups is 1. The Bertz CT molecular complexity index is 359. The minimum atomic E-state index is -0.102. The Morgan fingerprint density at radius 3 is 2.71 bits per heavy atom. The molecule has 0 spiro atoms. The third kappa shape index (κ3) is 3.45. The van der Waals surface area contributed by atoms with Crippen molar-refractivity contribution in [2.24, 2.45) is 0 Å². The molecule has 0 atom stereocenters. The van der Waals surface area contributed by atoms with Gasteiger partial charge in [0.2, 0.25) is 0 Å². The van der Waals surface area contributed by atoms with E-state index in [4.69, 9.17) is 4.74 Å². The van der Waals surface area contributed by atoms with Crippen LogP contribution in [0.2, 0.25) is 0 Å². The lowest BCUT2D eigenvalue weighted by atomic mass is 9.89. The second kappa shape index (κ2) is 5.52. The Labute approximate surface area is 103 Å². The second-order valence-electron chi connectivity index (χ2n) is 4.98. The molecule has 1 aromatic carbocycles. The summed E-state index contributed by atoms with van der Waals surface area (Å²) in [4.78, 5) is 0. The molecule has 1 aliphatic carbocycles. The van der Waals surface area contributed by atoms with Crippen LogP contribution in [0.15, 0.2) is 24.3 Å². The maximum atomic E-state index is 9.22. The molecule has 0 unspecified atom stereocenters. The molecule has 3 nitrogen and oxygen atoms in total. The first-order chi connectivity index (χ1) is 8.15. The smallest absolute Gasteiger partial charge is 0.124 e. The molecule has 0 amide bonds. The Morgan fingerprint density at radius 1 is 1.35 bits per heavy atom. The number of nitrogens with one attached hydrogen (secondary N) is 1. The van der Waals surface area contributed by atoms with Gasteiger partial charge < -0.3 is 15.2 Å². The van der Waals surface area contributed by atoms with Gasteiger partial charge in [-0.15, -0.1) is 0 Å². The second-order valence-corrected chi connectivity index (χ2v) is 4.98. The molecule has 0 bridgehead atoms. The van der Waals surface area contributed by atoms with Crippen molar-refractivity contribution in [3.63, 3.8) is 0 Å². The van der Waals surface area contributed by atoms with Crippen LogP contribution in [-0.2, 0) is 6.54 Å². The first-order valence-electron chi connectivity index (χ1n) is 6.31. The fraction of sp³-hybridized carbons (Fsp3) is 0.571. The van der Waals surface area contributed by atoms with Gasteiger partial charge in [0.25, 0.3) is 0 Å². The lowest BCUT2D eigenvalue weighted by Crippen LogP contribution is -2.43. The Hall–Kier alpha value is -1.06. The van der Waals surface area contributed by atoms with Crippen LogP contribution in [0.3, 0.4) is 0 Å². The number of ether oxygens (including phenoxy) is 1. The summed E-state index contributed by atoms with van der Waals surface area (Å²) < 4.78 is 5.76. The summed E-state index contributed by atoms with van der Waals surface area (Å²) in [5.74, 6) is 0.954. The molecule has 0 heterocycles. The van der Waals surface area contributed by atoms with Gasteiger partial charge in [0.1, 0.15) is 5.75 Å². The van der Waals surface area contributed by atoms with E-state index in [1.165, 1.54) is 5.56 Å². The largest absolute Gasteiger partial charge is 0.491 e. The minimum Gasteiger partial charge on any atom is -0.491 e. The van der Waals surface area contributed by atoms with Gasteiger partial charge in [-0.1, -0.05) is 18.2 Å². The number of hydrogen-bond acceptors (Lipinski definition) is 3. The lowest BCUT2D eigenvalue weighted by molar-refractivity contribution is 0.0618. The van der Waals surface area contributed by atoms with Crippen LogP contribution in [0.1, 0.15) is 32.3 Å². The van der Waals surface area contributed by atoms with E-state index in [0.717, 1.165) is 25.1 Å². The summed E-state index contributed by atoms with van der Waals surface area (Å²) in [6.07, 6.45) is 1.83. The highest BCUT2D eigenvalue weighted by Gasteiger charge is 2.26. The van der Waals surface area contributed by atoms with Crippen molar-refractivity contribution in [2.45, 2.75) is 51.5 Å². The van der Waals surface area contributed by atoms with Gasteiger partial charge in [0.15, 0.2) is 0 Å². The molecule has 0 radical (unpaired) electrons. The van der Waals surface area contributed by atoms with Crippen molar-refractivity contribution in [3.05, 3.63) is 29.8 Å². The fourth-order valence-electron chi connectivity index (χ4n) is 2.03. The highest BCUT2D eigenvalue weighted by atomic mass is 16.5. The van der Waals surface area contributed by atoms with Crippen molar-refractivity contribution in [2.75, 3.05) is 0 Å². The van der Waals surface area contributed by atoms with E-state index in [1.54, 1.807) is 0 Å². The molecule has 0 saturated heterocycles. The molecule has 1 aromatic rings. The standard InChI is InChI=1S/C14H21NO2/c1-10(2)17-14-6-4-3-5-11(14)9-15-12-7-13(16)8-12/h3-6,10,12-13,15-16H,7-9H2,1-2H3. The molecule has 2 N–H and O–H groups in total. The Kier molecular flexibility index (Phi) is 4.02. The predicted molar refractivity (Wildman–Crippen MR) is 68.1 cm³/mol. The fourth-order valence-corrected chi connectivity index (χ4v) is 2.03. The minimum absolute atomic E-state index is 0.102. The number of benzene rings is 1. The van der Waals surface area contributed by atoms with E-state index < -0.39 is 0 Å². The Morgan fingerprint density at radius 2 is 2.06 bits per heavy atom. The number of hydrogen-bond donors (Lipinski definition) is 2. The number of aliphatic hydroxyl groups excluding tert-OH is 1. The zero-order chi connectivity index (χ0) is 12.3. The molecule has 2 rings (SSSR count). The highest BCUT2D eigenvalue weighted by molar-refractivity contribution is 5.33. The zero-order valence-corrected chi connectivity index (χ0v) is 10.5. The van der Waals surface area contributed by atoms with Gasteiger partial charge in [0, 0.05) is 18.2 Å².